The molecule has 0 bridgehead atoms. The van der Waals surface area contributed by atoms with Gasteiger partial charge in [-0.3, -0.25) is 4.79 Å². The second-order valence-electron chi connectivity index (χ2n) is 9.24. The lowest BCUT2D eigenvalue weighted by Gasteiger charge is -2.36. The predicted octanol–water partition coefficient (Wildman–Crippen LogP) is 2.71. The number of nitrogens with two attached hydrogens (primary N) is 1. The van der Waals surface area contributed by atoms with Crippen molar-refractivity contribution in [2.45, 2.75) is 62.7 Å². The Labute approximate surface area is 173 Å². The molecule has 1 aromatic rings. The maximum Gasteiger partial charge on any atom is 0.328 e. The first kappa shape index (κ1) is 23.6. The molecule has 0 aliphatic carbocycles. The third-order valence-corrected chi connectivity index (χ3v) is 7.40. The van der Waals surface area contributed by atoms with Gasteiger partial charge in [0, 0.05) is 38.0 Å². The summed E-state index contributed by atoms with van der Waals surface area (Å²) < 4.78 is 41.9. The van der Waals surface area contributed by atoms with Gasteiger partial charge in [-0.05, 0) is 45.0 Å². The first-order valence-corrected chi connectivity index (χ1v) is 11.3. The van der Waals surface area contributed by atoms with E-state index >= 15 is 0 Å². The van der Waals surface area contributed by atoms with Crippen molar-refractivity contribution in [1.29, 1.82) is 0 Å². The summed E-state index contributed by atoms with van der Waals surface area (Å²) in [5.41, 5.74) is 4.73. The molecule has 1 aromatic carbocycles. The van der Waals surface area contributed by atoms with E-state index in [0.717, 1.165) is 0 Å². The van der Waals surface area contributed by atoms with Crippen molar-refractivity contribution in [3.8, 4) is 5.75 Å². The Bertz CT molecular complexity index is 803. The van der Waals surface area contributed by atoms with Crippen LogP contribution >= 0.6 is 0 Å². The van der Waals surface area contributed by atoms with E-state index in [4.69, 9.17) is 19.9 Å². The van der Waals surface area contributed by atoms with Crippen LogP contribution in [0.5, 0.6) is 5.75 Å². The van der Waals surface area contributed by atoms with Gasteiger partial charge < -0.3 is 19.9 Å². The molecule has 2 N–H and O–H groups in total. The highest BCUT2D eigenvalue weighted by atomic mass is 32.2. The van der Waals surface area contributed by atoms with Crippen LogP contribution in [0.25, 0.3) is 0 Å². The Morgan fingerprint density at radius 1 is 1.10 bits per heavy atom. The Morgan fingerprint density at radius 2 is 1.66 bits per heavy atom. The standard InChI is InChI=1S/C21H33NO6S/c1-19(2,3)28-18(23)21(10-12-26-13-11-21)29(24,25)17-8-6-16(7-9-17)27-15-20(4,5)14-22/h6-9H,10-15,22H2,1-5H3. The zero-order valence-corrected chi connectivity index (χ0v) is 18.8. The van der Waals surface area contributed by atoms with Gasteiger partial charge in [0.25, 0.3) is 0 Å². The zero-order chi connectivity index (χ0) is 21.9. The number of hydrogen-bond acceptors (Lipinski definition) is 7. The fourth-order valence-electron chi connectivity index (χ4n) is 2.93. The molecule has 0 saturated carbocycles. The van der Waals surface area contributed by atoms with E-state index in [1.54, 1.807) is 32.9 Å². The SMILES string of the molecule is CC(C)(CN)COc1ccc(S(=O)(=O)C2(C(=O)OC(C)(C)C)CCOCC2)cc1. The summed E-state index contributed by atoms with van der Waals surface area (Å²) in [6.07, 6.45) is 0.125. The Kier molecular flexibility index (Phi) is 7.02. The number of rotatable bonds is 7. The van der Waals surface area contributed by atoms with Gasteiger partial charge in [0.2, 0.25) is 0 Å². The quantitative estimate of drug-likeness (QED) is 0.667. The van der Waals surface area contributed by atoms with E-state index in [9.17, 15) is 13.2 Å². The summed E-state index contributed by atoms with van der Waals surface area (Å²) in [7, 11) is -3.99. The fourth-order valence-corrected chi connectivity index (χ4v) is 4.84. The molecular weight excluding hydrogens is 394 g/mol. The molecule has 1 fully saturated rings. The number of benzene rings is 1. The van der Waals surface area contributed by atoms with Gasteiger partial charge >= 0.3 is 5.97 Å². The number of ether oxygens (including phenoxy) is 3. The maximum atomic E-state index is 13.5. The van der Waals surface area contributed by atoms with Crippen LogP contribution in [0.15, 0.2) is 29.2 Å². The number of carbonyl (C=O) groups excluding carboxylic acids is 1. The van der Waals surface area contributed by atoms with Crippen LogP contribution in [0.4, 0.5) is 0 Å². The smallest absolute Gasteiger partial charge is 0.328 e. The largest absolute Gasteiger partial charge is 0.493 e. The van der Waals surface area contributed by atoms with E-state index in [0.29, 0.717) is 18.9 Å². The van der Waals surface area contributed by atoms with Gasteiger partial charge in [0.05, 0.1) is 11.5 Å². The van der Waals surface area contributed by atoms with Crippen molar-refractivity contribution in [3.05, 3.63) is 24.3 Å². The summed E-state index contributed by atoms with van der Waals surface area (Å²) in [5, 5.41) is 0. The minimum Gasteiger partial charge on any atom is -0.493 e. The van der Waals surface area contributed by atoms with E-state index in [1.807, 2.05) is 13.8 Å². The van der Waals surface area contributed by atoms with Crippen LogP contribution in [0.1, 0.15) is 47.5 Å². The van der Waals surface area contributed by atoms with E-state index in [-0.39, 0.29) is 36.4 Å². The Balaban J connectivity index is 2.31. The molecule has 0 spiro atoms. The average molecular weight is 428 g/mol. The van der Waals surface area contributed by atoms with E-state index in [1.165, 1.54) is 12.1 Å². The van der Waals surface area contributed by atoms with Gasteiger partial charge in [-0.2, -0.15) is 0 Å². The summed E-state index contributed by atoms with van der Waals surface area (Å²) in [6.45, 7) is 10.4. The lowest BCUT2D eigenvalue weighted by Crippen LogP contribution is -2.53. The van der Waals surface area contributed by atoms with Crippen molar-refractivity contribution >= 4 is 15.8 Å². The minimum absolute atomic E-state index is 0.0627. The highest BCUT2D eigenvalue weighted by molar-refractivity contribution is 7.93. The molecule has 0 atom stereocenters. The molecule has 29 heavy (non-hydrogen) atoms. The van der Waals surface area contributed by atoms with E-state index in [2.05, 4.69) is 0 Å². The molecule has 0 aromatic heterocycles. The molecule has 0 radical (unpaired) electrons. The van der Waals surface area contributed by atoms with Gasteiger partial charge in [-0.25, -0.2) is 8.42 Å². The second kappa shape index (κ2) is 8.62. The first-order chi connectivity index (χ1) is 13.3. The van der Waals surface area contributed by atoms with Crippen LogP contribution in [0.3, 0.4) is 0 Å². The summed E-state index contributed by atoms with van der Waals surface area (Å²) in [4.78, 5) is 13.0. The lowest BCUT2D eigenvalue weighted by molar-refractivity contribution is -0.160. The molecule has 0 amide bonds. The monoisotopic (exact) mass is 427 g/mol. The summed E-state index contributed by atoms with van der Waals surface area (Å²) in [6, 6.07) is 6.15. The van der Waals surface area contributed by atoms with Crippen LogP contribution in [0, 0.1) is 5.41 Å². The molecule has 164 valence electrons. The minimum atomic E-state index is -3.99. The number of hydrogen-bond donors (Lipinski definition) is 1. The molecule has 0 unspecified atom stereocenters. The Hall–Kier alpha value is -1.64. The second-order valence-corrected chi connectivity index (χ2v) is 11.5. The van der Waals surface area contributed by atoms with Crippen molar-refractivity contribution in [2.75, 3.05) is 26.4 Å². The first-order valence-electron chi connectivity index (χ1n) is 9.82. The summed E-state index contributed by atoms with van der Waals surface area (Å²) >= 11 is 0. The molecule has 1 aliphatic rings. The molecular formula is C21H33NO6S. The molecule has 7 nitrogen and oxygen atoms in total. The molecule has 1 saturated heterocycles. The normalized spacial score (nSPS) is 17.6. The van der Waals surface area contributed by atoms with Gasteiger partial charge in [-0.15, -0.1) is 0 Å². The third kappa shape index (κ3) is 5.49. The average Bonchev–Trinajstić information content (AvgIpc) is 2.66. The zero-order valence-electron chi connectivity index (χ0n) is 18.0. The topological polar surface area (TPSA) is 105 Å². The highest BCUT2D eigenvalue weighted by Gasteiger charge is 2.54. The Morgan fingerprint density at radius 3 is 2.14 bits per heavy atom. The molecule has 8 heteroatoms. The maximum absolute atomic E-state index is 13.5. The molecule has 2 rings (SSSR count). The molecule has 1 heterocycles. The third-order valence-electron chi connectivity index (χ3n) is 4.90. The van der Waals surface area contributed by atoms with Crippen LogP contribution < -0.4 is 10.5 Å². The molecule has 1 aliphatic heterocycles. The fraction of sp³-hybridized carbons (Fsp3) is 0.667. The van der Waals surface area contributed by atoms with Crippen LogP contribution in [0.2, 0.25) is 0 Å². The number of carbonyl (C=O) groups is 1. The highest BCUT2D eigenvalue weighted by Crippen LogP contribution is 2.37. The van der Waals surface area contributed by atoms with Gasteiger partial charge in [0.15, 0.2) is 14.6 Å². The van der Waals surface area contributed by atoms with E-state index < -0.39 is 26.2 Å². The number of sulfone groups is 1. The number of esters is 1. The van der Waals surface area contributed by atoms with Crippen molar-refractivity contribution in [3.63, 3.8) is 0 Å². The lowest BCUT2D eigenvalue weighted by atomic mass is 9.95. The van der Waals surface area contributed by atoms with Crippen molar-refractivity contribution < 1.29 is 27.4 Å². The van der Waals surface area contributed by atoms with Crippen molar-refractivity contribution in [1.82, 2.24) is 0 Å². The van der Waals surface area contributed by atoms with Crippen molar-refractivity contribution in [2.24, 2.45) is 11.1 Å². The van der Waals surface area contributed by atoms with Gasteiger partial charge in [0.1, 0.15) is 11.4 Å². The predicted molar refractivity (Wildman–Crippen MR) is 111 cm³/mol. The summed E-state index contributed by atoms with van der Waals surface area (Å²) in [5.74, 6) is -0.179. The van der Waals surface area contributed by atoms with Crippen LogP contribution in [-0.2, 0) is 24.1 Å². The van der Waals surface area contributed by atoms with Crippen LogP contribution in [-0.4, -0.2) is 51.1 Å². The van der Waals surface area contributed by atoms with Gasteiger partial charge in [-0.1, -0.05) is 13.8 Å².